The van der Waals surface area contributed by atoms with Gasteiger partial charge < -0.3 is 14.2 Å². The molecule has 3 nitrogen and oxygen atoms in total. The molecule has 3 heteroatoms. The van der Waals surface area contributed by atoms with Gasteiger partial charge in [0.15, 0.2) is 0 Å². The molecule has 0 bridgehead atoms. The number of rotatable bonds is 2. The van der Waals surface area contributed by atoms with Crippen LogP contribution in [0.25, 0.3) is 44.1 Å². The smallest absolute Gasteiger partial charge is 0.125 e. The van der Waals surface area contributed by atoms with Crippen LogP contribution in [0.2, 0.25) is 0 Å². The van der Waals surface area contributed by atoms with Gasteiger partial charge in [0, 0.05) is 42.5 Å². The van der Waals surface area contributed by atoms with Gasteiger partial charge in [0.05, 0.1) is 5.52 Å². The van der Waals surface area contributed by atoms with Crippen LogP contribution in [0.5, 0.6) is 5.75 Å². The highest BCUT2D eigenvalue weighted by Crippen LogP contribution is 2.43. The predicted octanol–water partition coefficient (Wildman–Crippen LogP) is 6.02. The zero-order valence-electron chi connectivity index (χ0n) is 16.3. The third-order valence-corrected chi connectivity index (χ3v) is 5.89. The molecule has 0 fully saturated rings. The Morgan fingerprint density at radius 1 is 0.786 bits per heavy atom. The van der Waals surface area contributed by atoms with Gasteiger partial charge in [-0.05, 0) is 53.3 Å². The van der Waals surface area contributed by atoms with E-state index in [-0.39, 0.29) is 0 Å². The van der Waals surface area contributed by atoms with Gasteiger partial charge in [-0.15, -0.1) is 0 Å². The molecule has 3 aromatic carbocycles. The van der Waals surface area contributed by atoms with Gasteiger partial charge in [-0.25, -0.2) is 0 Å². The maximum Gasteiger partial charge on any atom is 0.125 e. The van der Waals surface area contributed by atoms with Crippen molar-refractivity contribution in [3.8, 4) is 28.0 Å². The fourth-order valence-electron chi connectivity index (χ4n) is 4.31. The summed E-state index contributed by atoms with van der Waals surface area (Å²) in [6.07, 6.45) is 2.09. The molecule has 0 amide bonds. The van der Waals surface area contributed by atoms with Crippen molar-refractivity contribution in [1.29, 1.82) is 0 Å². The van der Waals surface area contributed by atoms with Crippen LogP contribution in [0, 0.1) is 6.92 Å². The van der Waals surface area contributed by atoms with E-state index in [2.05, 4.69) is 90.9 Å². The minimum atomic E-state index is 0.323. The molecule has 5 aromatic rings. The molecule has 0 spiro atoms. The maximum atomic E-state index is 10.6. The zero-order valence-corrected chi connectivity index (χ0v) is 16.3. The molecule has 0 aliphatic heterocycles. The molecule has 138 valence electrons. The summed E-state index contributed by atoms with van der Waals surface area (Å²) in [5.41, 5.74) is 7.98. The van der Waals surface area contributed by atoms with Gasteiger partial charge in [-0.2, -0.15) is 0 Å². The lowest BCUT2D eigenvalue weighted by Gasteiger charge is -2.12. The first-order valence-electron chi connectivity index (χ1n) is 9.48. The van der Waals surface area contributed by atoms with Crippen molar-refractivity contribution in [3.63, 3.8) is 0 Å². The van der Waals surface area contributed by atoms with Crippen LogP contribution >= 0.6 is 0 Å². The molecular formula is C25H22N2O. The van der Waals surface area contributed by atoms with Gasteiger partial charge in [0.25, 0.3) is 0 Å². The summed E-state index contributed by atoms with van der Waals surface area (Å²) >= 11 is 0. The standard InChI is InChI=1S/C25H22N2O/c1-16-24(25-21(27(16)3)9-6-10-23(25)28)20-8-5-4-7-19(20)18-12-11-17-13-14-26(2)22(17)15-18/h4-15,28H,1-3H3. The second-order valence-electron chi connectivity index (χ2n) is 7.44. The van der Waals surface area contributed by atoms with Gasteiger partial charge in [0.1, 0.15) is 5.75 Å². The summed E-state index contributed by atoms with van der Waals surface area (Å²) in [6, 6.07) is 22.9. The number of phenols is 1. The van der Waals surface area contributed by atoms with Crippen LogP contribution in [-0.4, -0.2) is 14.2 Å². The van der Waals surface area contributed by atoms with Crippen LogP contribution in [-0.2, 0) is 14.1 Å². The Labute approximate surface area is 164 Å². The maximum absolute atomic E-state index is 10.6. The number of hydrogen-bond donors (Lipinski definition) is 1. The van der Waals surface area contributed by atoms with Crippen molar-refractivity contribution in [2.75, 3.05) is 0 Å². The quantitative estimate of drug-likeness (QED) is 0.407. The van der Waals surface area contributed by atoms with Crippen LogP contribution < -0.4 is 0 Å². The molecular weight excluding hydrogens is 344 g/mol. The van der Waals surface area contributed by atoms with Crippen molar-refractivity contribution >= 4 is 21.8 Å². The van der Waals surface area contributed by atoms with Gasteiger partial charge in [-0.1, -0.05) is 42.5 Å². The molecule has 0 aliphatic rings. The van der Waals surface area contributed by atoms with Crippen LogP contribution in [0.3, 0.4) is 0 Å². The van der Waals surface area contributed by atoms with E-state index in [0.29, 0.717) is 5.75 Å². The van der Waals surface area contributed by atoms with Crippen molar-refractivity contribution in [1.82, 2.24) is 9.13 Å². The number of phenolic OH excluding ortho intramolecular Hbond substituents is 1. The van der Waals surface area contributed by atoms with E-state index in [1.807, 2.05) is 6.07 Å². The average molecular weight is 366 g/mol. The van der Waals surface area contributed by atoms with Crippen molar-refractivity contribution in [2.45, 2.75) is 6.92 Å². The number of hydrogen-bond acceptors (Lipinski definition) is 1. The highest BCUT2D eigenvalue weighted by molar-refractivity contribution is 6.05. The summed E-state index contributed by atoms with van der Waals surface area (Å²) < 4.78 is 4.30. The number of aromatic hydroxyl groups is 1. The molecule has 1 N–H and O–H groups in total. The molecule has 28 heavy (non-hydrogen) atoms. The van der Waals surface area contributed by atoms with Gasteiger partial charge in [-0.3, -0.25) is 0 Å². The lowest BCUT2D eigenvalue weighted by atomic mass is 9.92. The molecule has 0 atom stereocenters. The van der Waals surface area contributed by atoms with E-state index in [4.69, 9.17) is 0 Å². The van der Waals surface area contributed by atoms with Crippen LogP contribution in [0.1, 0.15) is 5.69 Å². The fourth-order valence-corrected chi connectivity index (χ4v) is 4.31. The average Bonchev–Trinajstić information content (AvgIpc) is 3.21. The Kier molecular flexibility index (Phi) is 3.59. The second-order valence-corrected chi connectivity index (χ2v) is 7.44. The highest BCUT2D eigenvalue weighted by atomic mass is 16.3. The topological polar surface area (TPSA) is 30.1 Å². The summed E-state index contributed by atoms with van der Waals surface area (Å²) in [5.74, 6) is 0.323. The Bertz CT molecular complexity index is 1350. The SMILES string of the molecule is Cc1c(-c2ccccc2-c2ccc3ccn(C)c3c2)c2c(O)cccc2n1C. The number of fused-ring (bicyclic) bond motifs is 2. The van der Waals surface area contributed by atoms with E-state index in [1.165, 1.54) is 22.0 Å². The van der Waals surface area contributed by atoms with Crippen molar-refractivity contribution < 1.29 is 5.11 Å². The first-order chi connectivity index (χ1) is 13.6. The first-order valence-corrected chi connectivity index (χ1v) is 9.48. The minimum Gasteiger partial charge on any atom is -0.507 e. The Balaban J connectivity index is 1.83. The summed E-state index contributed by atoms with van der Waals surface area (Å²) in [5, 5.41) is 12.8. The third-order valence-electron chi connectivity index (χ3n) is 5.89. The molecule has 0 saturated heterocycles. The predicted molar refractivity (Wildman–Crippen MR) is 117 cm³/mol. The summed E-state index contributed by atoms with van der Waals surface area (Å²) in [6.45, 7) is 2.12. The normalized spacial score (nSPS) is 11.5. The highest BCUT2D eigenvalue weighted by Gasteiger charge is 2.19. The number of nitrogens with zero attached hydrogens (tertiary/aromatic N) is 2. The lowest BCUT2D eigenvalue weighted by Crippen LogP contribution is -1.92. The third kappa shape index (κ3) is 2.29. The summed E-state index contributed by atoms with van der Waals surface area (Å²) in [7, 11) is 4.13. The lowest BCUT2D eigenvalue weighted by molar-refractivity contribution is 0.482. The minimum absolute atomic E-state index is 0.323. The Hall–Kier alpha value is -3.46. The largest absolute Gasteiger partial charge is 0.507 e. The molecule has 0 saturated carbocycles. The van der Waals surface area contributed by atoms with E-state index in [9.17, 15) is 5.11 Å². The fraction of sp³-hybridized carbons (Fsp3) is 0.120. The molecule has 0 aliphatic carbocycles. The monoisotopic (exact) mass is 366 g/mol. The van der Waals surface area contributed by atoms with E-state index < -0.39 is 0 Å². The van der Waals surface area contributed by atoms with E-state index in [0.717, 1.165) is 27.7 Å². The Morgan fingerprint density at radius 2 is 1.57 bits per heavy atom. The summed E-state index contributed by atoms with van der Waals surface area (Å²) in [4.78, 5) is 0. The molecule has 5 rings (SSSR count). The van der Waals surface area contributed by atoms with Gasteiger partial charge >= 0.3 is 0 Å². The molecule has 0 radical (unpaired) electrons. The molecule has 0 unspecified atom stereocenters. The Morgan fingerprint density at radius 3 is 2.39 bits per heavy atom. The number of benzene rings is 3. The second kappa shape index (κ2) is 6.03. The van der Waals surface area contributed by atoms with Crippen LogP contribution in [0.15, 0.2) is 72.9 Å². The van der Waals surface area contributed by atoms with Crippen molar-refractivity contribution in [3.05, 3.63) is 78.6 Å². The first kappa shape index (κ1) is 16.7. The van der Waals surface area contributed by atoms with E-state index >= 15 is 0 Å². The number of aryl methyl sites for hydroxylation is 2. The van der Waals surface area contributed by atoms with Crippen molar-refractivity contribution in [2.24, 2.45) is 14.1 Å². The molecule has 2 aromatic heterocycles. The zero-order chi connectivity index (χ0) is 19.4. The number of aromatic nitrogens is 2. The van der Waals surface area contributed by atoms with Gasteiger partial charge in [0.2, 0.25) is 0 Å². The van der Waals surface area contributed by atoms with E-state index in [1.54, 1.807) is 6.07 Å². The van der Waals surface area contributed by atoms with Crippen LogP contribution in [0.4, 0.5) is 0 Å². The molecule has 2 heterocycles.